The third kappa shape index (κ3) is 5.03. The lowest BCUT2D eigenvalue weighted by atomic mass is 10.0. The van der Waals surface area contributed by atoms with Crippen molar-refractivity contribution in [3.63, 3.8) is 0 Å². The zero-order valence-electron chi connectivity index (χ0n) is 15.5. The second kappa shape index (κ2) is 10.1. The Bertz CT molecular complexity index is 841. The molecule has 0 saturated carbocycles. The molecule has 1 atom stereocenters. The van der Waals surface area contributed by atoms with Crippen LogP contribution in [-0.2, 0) is 22.6 Å². The van der Waals surface area contributed by atoms with Crippen molar-refractivity contribution in [2.75, 3.05) is 6.54 Å². The highest BCUT2D eigenvalue weighted by molar-refractivity contribution is 5.85. The van der Waals surface area contributed by atoms with E-state index in [0.717, 1.165) is 29.5 Å². The van der Waals surface area contributed by atoms with E-state index in [1.54, 1.807) is 0 Å². The molecule has 0 saturated heterocycles. The number of halogens is 1. The van der Waals surface area contributed by atoms with E-state index in [4.69, 9.17) is 10.5 Å². The number of nitrogens with one attached hydrogen (secondary N) is 1. The Morgan fingerprint density at radius 2 is 1.86 bits per heavy atom. The molecule has 0 radical (unpaired) electrons. The average molecular weight is 405 g/mol. The van der Waals surface area contributed by atoms with Crippen LogP contribution in [0.4, 0.5) is 4.79 Å². The SMILES string of the molecule is Cl.NCCCC[C@H](NC(=O)OCc1cccc2c1Cc1ccccc1-2)C(=O)O. The molecular formula is C21H25ClN2O4. The summed E-state index contributed by atoms with van der Waals surface area (Å²) in [5.74, 6) is -1.07. The fraction of sp³-hybridized carbons (Fsp3) is 0.333. The maximum atomic E-state index is 12.1. The van der Waals surface area contributed by atoms with Crippen molar-refractivity contribution in [3.05, 3.63) is 59.2 Å². The first-order valence-electron chi connectivity index (χ1n) is 9.15. The number of carbonyl (C=O) groups is 2. The van der Waals surface area contributed by atoms with Crippen LogP contribution in [0.3, 0.4) is 0 Å². The van der Waals surface area contributed by atoms with Crippen LogP contribution < -0.4 is 11.1 Å². The fourth-order valence-corrected chi connectivity index (χ4v) is 3.44. The Morgan fingerprint density at radius 1 is 1.11 bits per heavy atom. The van der Waals surface area contributed by atoms with Crippen molar-refractivity contribution in [1.82, 2.24) is 5.32 Å². The molecule has 1 amide bonds. The first-order chi connectivity index (χ1) is 13.1. The number of alkyl carbamates (subject to hydrolysis) is 1. The van der Waals surface area contributed by atoms with Crippen LogP contribution >= 0.6 is 12.4 Å². The van der Waals surface area contributed by atoms with Crippen LogP contribution in [0.15, 0.2) is 42.5 Å². The Labute approximate surface area is 170 Å². The van der Waals surface area contributed by atoms with Crippen LogP contribution in [0.25, 0.3) is 11.1 Å². The molecule has 0 aromatic heterocycles. The van der Waals surface area contributed by atoms with Gasteiger partial charge in [0.25, 0.3) is 0 Å². The highest BCUT2D eigenvalue weighted by Crippen LogP contribution is 2.38. The van der Waals surface area contributed by atoms with Gasteiger partial charge in [0.1, 0.15) is 12.6 Å². The van der Waals surface area contributed by atoms with E-state index in [2.05, 4.69) is 23.5 Å². The van der Waals surface area contributed by atoms with Crippen LogP contribution in [0.5, 0.6) is 0 Å². The molecule has 28 heavy (non-hydrogen) atoms. The number of nitrogens with two attached hydrogens (primary N) is 1. The lowest BCUT2D eigenvalue weighted by molar-refractivity contribution is -0.139. The molecule has 0 fully saturated rings. The number of hydrogen-bond acceptors (Lipinski definition) is 4. The summed E-state index contributed by atoms with van der Waals surface area (Å²) in [7, 11) is 0. The summed E-state index contributed by atoms with van der Waals surface area (Å²) in [6, 6.07) is 13.2. The van der Waals surface area contributed by atoms with Crippen LogP contribution in [-0.4, -0.2) is 29.8 Å². The Balaban J connectivity index is 0.00000280. The van der Waals surface area contributed by atoms with Gasteiger partial charge in [-0.15, -0.1) is 12.4 Å². The second-order valence-corrected chi connectivity index (χ2v) is 6.67. The molecule has 6 nitrogen and oxygen atoms in total. The Morgan fingerprint density at radius 3 is 2.61 bits per heavy atom. The summed E-state index contributed by atoms with van der Waals surface area (Å²) in [6.07, 6.45) is 1.78. The third-order valence-corrected chi connectivity index (χ3v) is 4.84. The molecule has 0 aliphatic heterocycles. The van der Waals surface area contributed by atoms with E-state index >= 15 is 0 Å². The van der Waals surface area contributed by atoms with Gasteiger partial charge in [-0.25, -0.2) is 9.59 Å². The fourth-order valence-electron chi connectivity index (χ4n) is 3.44. The van der Waals surface area contributed by atoms with Crippen LogP contribution in [0, 0.1) is 0 Å². The van der Waals surface area contributed by atoms with Gasteiger partial charge in [0.2, 0.25) is 0 Å². The summed E-state index contributed by atoms with van der Waals surface area (Å²) >= 11 is 0. The molecule has 7 heteroatoms. The maximum Gasteiger partial charge on any atom is 0.408 e. The van der Waals surface area contributed by atoms with Gasteiger partial charge in [0.05, 0.1) is 0 Å². The number of carboxylic acids is 1. The van der Waals surface area contributed by atoms with Gasteiger partial charge >= 0.3 is 12.1 Å². The van der Waals surface area contributed by atoms with E-state index < -0.39 is 18.1 Å². The Kier molecular flexibility index (Phi) is 7.84. The topological polar surface area (TPSA) is 102 Å². The van der Waals surface area contributed by atoms with Crippen LogP contribution in [0.1, 0.15) is 36.0 Å². The number of rotatable bonds is 8. The van der Waals surface area contributed by atoms with E-state index in [0.29, 0.717) is 19.4 Å². The molecule has 1 aliphatic carbocycles. The minimum atomic E-state index is -1.07. The standard InChI is InChI=1S/C21H24N2O4.ClH/c22-11-4-3-10-19(20(24)25)23-21(26)27-13-15-7-5-9-17-16-8-2-1-6-14(16)12-18(15)17;/h1-2,5-9,19H,3-4,10-13,22H2,(H,23,26)(H,24,25);1H/t19-;/m0./s1. The summed E-state index contributed by atoms with van der Waals surface area (Å²) in [4.78, 5) is 23.3. The predicted molar refractivity (Wildman–Crippen MR) is 110 cm³/mol. The summed E-state index contributed by atoms with van der Waals surface area (Å²) in [5, 5.41) is 11.7. The third-order valence-electron chi connectivity index (χ3n) is 4.84. The van der Waals surface area contributed by atoms with Gasteiger partial charge in [0, 0.05) is 0 Å². The van der Waals surface area contributed by atoms with Crippen molar-refractivity contribution < 1.29 is 19.4 Å². The van der Waals surface area contributed by atoms with Crippen molar-refractivity contribution in [3.8, 4) is 11.1 Å². The molecule has 2 aromatic rings. The molecule has 4 N–H and O–H groups in total. The van der Waals surface area contributed by atoms with E-state index in [9.17, 15) is 14.7 Å². The van der Waals surface area contributed by atoms with Gasteiger partial charge < -0.3 is 20.9 Å². The molecule has 150 valence electrons. The second-order valence-electron chi connectivity index (χ2n) is 6.67. The molecule has 0 unspecified atom stereocenters. The summed E-state index contributed by atoms with van der Waals surface area (Å²) in [6.45, 7) is 0.608. The first-order valence-corrected chi connectivity index (χ1v) is 9.15. The number of amides is 1. The highest BCUT2D eigenvalue weighted by Gasteiger charge is 2.22. The number of unbranched alkanes of at least 4 members (excludes halogenated alkanes) is 1. The van der Waals surface area contributed by atoms with E-state index in [1.807, 2.05) is 24.3 Å². The minimum Gasteiger partial charge on any atom is -0.480 e. The lowest BCUT2D eigenvalue weighted by Crippen LogP contribution is -2.41. The van der Waals surface area contributed by atoms with Crippen molar-refractivity contribution in [1.29, 1.82) is 0 Å². The number of carbonyl (C=O) groups excluding carboxylic acids is 1. The average Bonchev–Trinajstić information content (AvgIpc) is 3.05. The number of hydrogen-bond donors (Lipinski definition) is 3. The van der Waals surface area contributed by atoms with E-state index in [-0.39, 0.29) is 19.0 Å². The van der Waals surface area contributed by atoms with Crippen molar-refractivity contribution >= 4 is 24.5 Å². The molecule has 0 bridgehead atoms. The number of ether oxygens (including phenoxy) is 1. The van der Waals surface area contributed by atoms with Crippen molar-refractivity contribution in [2.24, 2.45) is 5.73 Å². The minimum absolute atomic E-state index is 0. The number of benzene rings is 2. The molecule has 0 heterocycles. The molecule has 0 spiro atoms. The van der Waals surface area contributed by atoms with Gasteiger partial charge in [-0.05, 0) is 60.0 Å². The summed E-state index contributed by atoms with van der Waals surface area (Å²) < 4.78 is 5.30. The highest BCUT2D eigenvalue weighted by atomic mass is 35.5. The zero-order chi connectivity index (χ0) is 19.2. The maximum absolute atomic E-state index is 12.1. The van der Waals surface area contributed by atoms with Crippen molar-refractivity contribution in [2.45, 2.75) is 38.3 Å². The van der Waals surface area contributed by atoms with E-state index in [1.165, 1.54) is 11.1 Å². The monoisotopic (exact) mass is 404 g/mol. The van der Waals surface area contributed by atoms with Gasteiger partial charge in [-0.3, -0.25) is 0 Å². The first kappa shape index (κ1) is 21.7. The molecular weight excluding hydrogens is 380 g/mol. The van der Waals surface area contributed by atoms with Crippen LogP contribution in [0.2, 0.25) is 0 Å². The van der Waals surface area contributed by atoms with Gasteiger partial charge in [0.15, 0.2) is 0 Å². The number of fused-ring (bicyclic) bond motifs is 3. The smallest absolute Gasteiger partial charge is 0.408 e. The van der Waals surface area contributed by atoms with Gasteiger partial charge in [-0.2, -0.15) is 0 Å². The molecule has 1 aliphatic rings. The predicted octanol–water partition coefficient (Wildman–Crippen LogP) is 3.49. The lowest BCUT2D eigenvalue weighted by Gasteiger charge is -2.15. The quantitative estimate of drug-likeness (QED) is 0.499. The number of aliphatic carboxylic acids is 1. The largest absolute Gasteiger partial charge is 0.480 e. The zero-order valence-corrected chi connectivity index (χ0v) is 16.3. The normalized spacial score (nSPS) is 12.3. The summed E-state index contributed by atoms with van der Waals surface area (Å²) in [5.41, 5.74) is 11.2. The number of carboxylic acid groups (broad SMARTS) is 1. The molecule has 3 rings (SSSR count). The molecule has 2 aromatic carbocycles. The Hall–Kier alpha value is -2.57. The van der Waals surface area contributed by atoms with Gasteiger partial charge in [-0.1, -0.05) is 42.5 Å².